The summed E-state index contributed by atoms with van der Waals surface area (Å²) in [7, 11) is 0. The molecule has 0 bridgehead atoms. The summed E-state index contributed by atoms with van der Waals surface area (Å²) in [6, 6.07) is 9.60. The van der Waals surface area contributed by atoms with E-state index in [0.717, 1.165) is 31.2 Å². The van der Waals surface area contributed by atoms with Crippen molar-refractivity contribution in [1.29, 1.82) is 0 Å². The van der Waals surface area contributed by atoms with Gasteiger partial charge < -0.3 is 4.52 Å². The Kier molecular flexibility index (Phi) is 4.53. The molecule has 0 saturated heterocycles. The number of aromatic nitrogens is 2. The molecule has 0 unspecified atom stereocenters. The molecule has 1 aliphatic rings. The summed E-state index contributed by atoms with van der Waals surface area (Å²) in [6.07, 6.45) is 3.64. The van der Waals surface area contributed by atoms with Crippen molar-refractivity contribution in [2.75, 3.05) is 0 Å². The average Bonchev–Trinajstić information content (AvgIpc) is 3.25. The average molecular weight is 313 g/mol. The van der Waals surface area contributed by atoms with E-state index in [1.54, 1.807) is 0 Å². The van der Waals surface area contributed by atoms with Gasteiger partial charge in [-0.1, -0.05) is 57.1 Å². The fourth-order valence-corrected chi connectivity index (χ4v) is 2.67. The Balaban J connectivity index is 1.68. The Labute approximate surface area is 138 Å². The van der Waals surface area contributed by atoms with Crippen LogP contribution in [0.2, 0.25) is 0 Å². The summed E-state index contributed by atoms with van der Waals surface area (Å²) in [5.41, 5.74) is 2.65. The van der Waals surface area contributed by atoms with Gasteiger partial charge >= 0.3 is 0 Å². The molecule has 4 heteroatoms. The molecule has 0 N–H and O–H groups in total. The molecule has 124 valence electrons. The van der Waals surface area contributed by atoms with Crippen molar-refractivity contribution in [2.24, 2.45) is 0 Å². The maximum atomic E-state index is 5.42. The second-order valence-corrected chi connectivity index (χ2v) is 7.57. The van der Waals surface area contributed by atoms with Crippen LogP contribution in [-0.2, 0) is 24.9 Å². The summed E-state index contributed by atoms with van der Waals surface area (Å²) >= 11 is 0. The van der Waals surface area contributed by atoms with E-state index in [4.69, 9.17) is 4.52 Å². The maximum Gasteiger partial charge on any atom is 0.232 e. The molecule has 1 heterocycles. The summed E-state index contributed by atoms with van der Waals surface area (Å²) in [5.74, 6) is 1.52. The minimum atomic E-state index is -0.0916. The van der Waals surface area contributed by atoms with Crippen LogP contribution in [0.1, 0.15) is 63.4 Å². The maximum absolute atomic E-state index is 5.42. The van der Waals surface area contributed by atoms with Gasteiger partial charge in [-0.25, -0.2) is 0 Å². The second kappa shape index (κ2) is 6.44. The normalized spacial score (nSPS) is 15.3. The lowest BCUT2D eigenvalue weighted by atomic mass is 9.97. The summed E-state index contributed by atoms with van der Waals surface area (Å²) in [4.78, 5) is 7.05. The molecule has 23 heavy (non-hydrogen) atoms. The molecule has 4 nitrogen and oxygen atoms in total. The fourth-order valence-electron chi connectivity index (χ4n) is 2.67. The Bertz CT molecular complexity index is 635. The first-order valence-corrected chi connectivity index (χ1v) is 8.60. The van der Waals surface area contributed by atoms with Crippen molar-refractivity contribution in [2.45, 2.75) is 71.5 Å². The molecule has 1 saturated carbocycles. The molecule has 3 rings (SSSR count). The molecule has 2 aromatic rings. The van der Waals surface area contributed by atoms with Gasteiger partial charge in [0.1, 0.15) is 0 Å². The van der Waals surface area contributed by atoms with Crippen molar-refractivity contribution in [3.63, 3.8) is 0 Å². The Hall–Kier alpha value is -1.68. The fraction of sp³-hybridized carbons (Fsp3) is 0.579. The number of aryl methyl sites for hydroxylation is 1. The van der Waals surface area contributed by atoms with Gasteiger partial charge in [0.25, 0.3) is 0 Å². The van der Waals surface area contributed by atoms with Gasteiger partial charge in [-0.3, -0.25) is 4.90 Å². The molecule has 1 aliphatic carbocycles. The van der Waals surface area contributed by atoms with E-state index >= 15 is 0 Å². The summed E-state index contributed by atoms with van der Waals surface area (Å²) in [6.45, 7) is 10.2. The van der Waals surface area contributed by atoms with Crippen LogP contribution < -0.4 is 0 Å². The van der Waals surface area contributed by atoms with Crippen molar-refractivity contribution >= 4 is 0 Å². The monoisotopic (exact) mass is 313 g/mol. The largest absolute Gasteiger partial charge is 0.339 e. The van der Waals surface area contributed by atoms with E-state index in [0.29, 0.717) is 6.04 Å². The van der Waals surface area contributed by atoms with Crippen LogP contribution in [0.15, 0.2) is 28.8 Å². The van der Waals surface area contributed by atoms with Gasteiger partial charge in [0.15, 0.2) is 5.82 Å². The second-order valence-electron chi connectivity index (χ2n) is 7.57. The quantitative estimate of drug-likeness (QED) is 0.805. The van der Waals surface area contributed by atoms with Crippen LogP contribution in [0, 0.1) is 0 Å². The van der Waals surface area contributed by atoms with E-state index in [9.17, 15) is 0 Å². The number of rotatable bonds is 6. The van der Waals surface area contributed by atoms with Crippen molar-refractivity contribution in [1.82, 2.24) is 15.0 Å². The third kappa shape index (κ3) is 4.20. The number of nitrogens with zero attached hydrogens (tertiary/aromatic N) is 3. The third-order valence-corrected chi connectivity index (χ3v) is 4.33. The van der Waals surface area contributed by atoms with Crippen LogP contribution in [0.3, 0.4) is 0 Å². The van der Waals surface area contributed by atoms with E-state index in [2.05, 4.69) is 67.0 Å². The molecule has 0 radical (unpaired) electrons. The van der Waals surface area contributed by atoms with Gasteiger partial charge in [0, 0.05) is 18.0 Å². The third-order valence-electron chi connectivity index (χ3n) is 4.33. The molecule has 0 amide bonds. The highest BCUT2D eigenvalue weighted by molar-refractivity contribution is 5.22. The first kappa shape index (κ1) is 16.2. The van der Waals surface area contributed by atoms with Crippen LogP contribution in [0.4, 0.5) is 0 Å². The van der Waals surface area contributed by atoms with Crippen LogP contribution in [-0.4, -0.2) is 21.1 Å². The van der Waals surface area contributed by atoms with E-state index in [1.807, 2.05) is 0 Å². The smallest absolute Gasteiger partial charge is 0.232 e. The zero-order valence-electron chi connectivity index (χ0n) is 14.7. The highest BCUT2D eigenvalue weighted by Gasteiger charge is 2.30. The van der Waals surface area contributed by atoms with E-state index < -0.39 is 0 Å². The van der Waals surface area contributed by atoms with Crippen molar-refractivity contribution < 1.29 is 4.52 Å². The van der Waals surface area contributed by atoms with Gasteiger partial charge in [0.05, 0.1) is 6.54 Å². The molecule has 0 atom stereocenters. The Morgan fingerprint density at radius 2 is 1.74 bits per heavy atom. The SMILES string of the molecule is CCc1ccc(CN(Cc2noc(C(C)(C)C)n2)C2CC2)cc1. The predicted molar refractivity (Wildman–Crippen MR) is 91.1 cm³/mol. The van der Waals surface area contributed by atoms with Gasteiger partial charge in [-0.15, -0.1) is 0 Å². The minimum Gasteiger partial charge on any atom is -0.339 e. The van der Waals surface area contributed by atoms with Crippen LogP contribution >= 0.6 is 0 Å². The molecule has 1 aromatic carbocycles. The predicted octanol–water partition coefficient (Wildman–Crippen LogP) is 4.09. The highest BCUT2D eigenvalue weighted by Crippen LogP contribution is 2.30. The number of hydrogen-bond donors (Lipinski definition) is 0. The molecule has 0 spiro atoms. The Morgan fingerprint density at radius 1 is 1.09 bits per heavy atom. The first-order chi connectivity index (χ1) is 11.0. The van der Waals surface area contributed by atoms with Crippen molar-refractivity contribution in [3.8, 4) is 0 Å². The standard InChI is InChI=1S/C19H27N3O/c1-5-14-6-8-15(9-7-14)12-22(16-10-11-16)13-17-20-18(23-21-17)19(2,3)4/h6-9,16H,5,10-13H2,1-4H3. The number of hydrogen-bond acceptors (Lipinski definition) is 4. The Morgan fingerprint density at radius 3 is 2.26 bits per heavy atom. The van der Waals surface area contributed by atoms with Crippen molar-refractivity contribution in [3.05, 3.63) is 47.1 Å². The van der Waals surface area contributed by atoms with E-state index in [1.165, 1.54) is 24.0 Å². The lowest BCUT2D eigenvalue weighted by Crippen LogP contribution is -2.25. The minimum absolute atomic E-state index is 0.0916. The van der Waals surface area contributed by atoms with Gasteiger partial charge in [-0.2, -0.15) is 4.98 Å². The number of benzene rings is 1. The topological polar surface area (TPSA) is 42.2 Å². The lowest BCUT2D eigenvalue weighted by molar-refractivity contribution is 0.234. The molecule has 0 aliphatic heterocycles. The van der Waals surface area contributed by atoms with Crippen LogP contribution in [0.25, 0.3) is 0 Å². The van der Waals surface area contributed by atoms with Gasteiger partial charge in [0.2, 0.25) is 5.89 Å². The molecule has 1 fully saturated rings. The van der Waals surface area contributed by atoms with Gasteiger partial charge in [-0.05, 0) is 30.4 Å². The lowest BCUT2D eigenvalue weighted by Gasteiger charge is -2.20. The molecule has 1 aromatic heterocycles. The summed E-state index contributed by atoms with van der Waals surface area (Å²) < 4.78 is 5.42. The van der Waals surface area contributed by atoms with Crippen LogP contribution in [0.5, 0.6) is 0 Å². The molecular formula is C19H27N3O. The highest BCUT2D eigenvalue weighted by atomic mass is 16.5. The zero-order chi connectivity index (χ0) is 16.4. The first-order valence-electron chi connectivity index (χ1n) is 8.60. The molecular weight excluding hydrogens is 286 g/mol. The van der Waals surface area contributed by atoms with E-state index in [-0.39, 0.29) is 5.41 Å². The zero-order valence-corrected chi connectivity index (χ0v) is 14.7. The summed E-state index contributed by atoms with van der Waals surface area (Å²) in [5, 5.41) is 4.17.